The van der Waals surface area contributed by atoms with Gasteiger partial charge in [0.05, 0.1) is 0 Å². The van der Waals surface area contributed by atoms with Gasteiger partial charge in [0, 0.05) is 25.2 Å². The average molecular weight is 288 g/mol. The summed E-state index contributed by atoms with van der Waals surface area (Å²) in [5, 5.41) is 3.48. The van der Waals surface area contributed by atoms with E-state index in [2.05, 4.69) is 17.1 Å². The van der Waals surface area contributed by atoms with Crippen molar-refractivity contribution in [3.63, 3.8) is 0 Å². The summed E-state index contributed by atoms with van der Waals surface area (Å²) in [5.41, 5.74) is 0. The zero-order chi connectivity index (χ0) is 6.27. The Morgan fingerprint density at radius 3 is 2.45 bits per heavy atom. The maximum Gasteiger partial charge on any atom is 0.0236 e. The molecule has 2 fully saturated rings. The van der Waals surface area contributed by atoms with Crippen LogP contribution in [-0.4, -0.2) is 36.6 Å². The highest BCUT2D eigenvalue weighted by Crippen LogP contribution is 2.21. The van der Waals surface area contributed by atoms with Crippen molar-refractivity contribution in [1.82, 2.24) is 10.2 Å². The van der Waals surface area contributed by atoms with Crippen LogP contribution >= 0.6 is 34.0 Å². The van der Waals surface area contributed by atoms with Crippen LogP contribution in [0.2, 0.25) is 0 Å². The van der Waals surface area contributed by atoms with Gasteiger partial charge in [-0.3, -0.25) is 4.90 Å². The van der Waals surface area contributed by atoms with E-state index < -0.39 is 0 Å². The van der Waals surface area contributed by atoms with Crippen molar-refractivity contribution in [2.45, 2.75) is 25.4 Å². The highest BCUT2D eigenvalue weighted by Gasteiger charge is 2.35. The largest absolute Gasteiger partial charge is 0.311 e. The summed E-state index contributed by atoms with van der Waals surface area (Å²) >= 11 is 0. The van der Waals surface area contributed by atoms with Crippen LogP contribution in [0.25, 0.3) is 0 Å². The standard InChI is InChI=1S/C7H14N2.2BrH/c1-2-9-5-6-3-7(9)4-8-6;;/h6-8H,2-5H2,1H3;2*1H/t6-,7-;;/m0../s1. The van der Waals surface area contributed by atoms with E-state index in [1.807, 2.05) is 0 Å². The molecule has 2 aliphatic rings. The number of hydrogen-bond acceptors (Lipinski definition) is 2. The number of hydrogen-bond donors (Lipinski definition) is 1. The third kappa shape index (κ3) is 2.17. The third-order valence-electron chi connectivity index (χ3n) is 2.58. The van der Waals surface area contributed by atoms with Gasteiger partial charge in [0.2, 0.25) is 0 Å². The zero-order valence-electron chi connectivity index (χ0n) is 6.75. The maximum absolute atomic E-state index is 3.48. The first kappa shape index (κ1) is 11.9. The zero-order valence-corrected chi connectivity index (χ0v) is 10.2. The van der Waals surface area contributed by atoms with E-state index in [0.717, 1.165) is 12.1 Å². The van der Waals surface area contributed by atoms with Crippen LogP contribution in [0.15, 0.2) is 0 Å². The Labute approximate surface area is 89.3 Å². The lowest BCUT2D eigenvalue weighted by atomic mass is 10.2. The van der Waals surface area contributed by atoms with Gasteiger partial charge in [0.1, 0.15) is 0 Å². The summed E-state index contributed by atoms with van der Waals surface area (Å²) in [5.74, 6) is 0. The Bertz CT molecular complexity index is 121. The minimum Gasteiger partial charge on any atom is -0.311 e. The Morgan fingerprint density at radius 1 is 1.45 bits per heavy atom. The molecule has 2 atom stereocenters. The van der Waals surface area contributed by atoms with Crippen molar-refractivity contribution in [2.24, 2.45) is 0 Å². The second kappa shape index (κ2) is 4.80. The van der Waals surface area contributed by atoms with Gasteiger partial charge >= 0.3 is 0 Å². The molecule has 0 aromatic carbocycles. The normalized spacial score (nSPS) is 34.6. The van der Waals surface area contributed by atoms with Crippen molar-refractivity contribution >= 4 is 34.0 Å². The molecule has 68 valence electrons. The van der Waals surface area contributed by atoms with Gasteiger partial charge in [-0.15, -0.1) is 34.0 Å². The number of rotatable bonds is 1. The van der Waals surface area contributed by atoms with Crippen LogP contribution in [-0.2, 0) is 0 Å². The van der Waals surface area contributed by atoms with Gasteiger partial charge in [0.15, 0.2) is 0 Å². The molecule has 0 radical (unpaired) electrons. The lowest BCUT2D eigenvalue weighted by molar-refractivity contribution is 0.238. The molecule has 0 aromatic heterocycles. The Morgan fingerprint density at radius 2 is 2.18 bits per heavy atom. The quantitative estimate of drug-likeness (QED) is 0.780. The van der Waals surface area contributed by atoms with E-state index >= 15 is 0 Å². The number of piperazine rings is 1. The second-order valence-electron chi connectivity index (χ2n) is 3.08. The average Bonchev–Trinajstić information content (AvgIpc) is 2.45. The number of halogens is 2. The summed E-state index contributed by atoms with van der Waals surface area (Å²) < 4.78 is 0. The number of nitrogens with zero attached hydrogens (tertiary/aromatic N) is 1. The second-order valence-corrected chi connectivity index (χ2v) is 3.08. The van der Waals surface area contributed by atoms with Crippen LogP contribution in [0.1, 0.15) is 13.3 Å². The first-order valence-electron chi connectivity index (χ1n) is 3.87. The van der Waals surface area contributed by atoms with E-state index in [1.54, 1.807) is 0 Å². The molecule has 0 amide bonds. The molecule has 2 bridgehead atoms. The molecule has 0 spiro atoms. The van der Waals surface area contributed by atoms with Crippen LogP contribution < -0.4 is 5.32 Å². The molecule has 0 unspecified atom stereocenters. The molecule has 1 N–H and O–H groups in total. The smallest absolute Gasteiger partial charge is 0.0236 e. The first-order chi connectivity index (χ1) is 4.40. The molecular formula is C7H16Br2N2. The van der Waals surface area contributed by atoms with Crippen LogP contribution in [0.4, 0.5) is 0 Å². The summed E-state index contributed by atoms with van der Waals surface area (Å²) in [6.45, 7) is 6.02. The third-order valence-corrected chi connectivity index (χ3v) is 2.58. The van der Waals surface area contributed by atoms with Gasteiger partial charge in [0.25, 0.3) is 0 Å². The predicted octanol–water partition coefficient (Wildman–Crippen LogP) is 1.21. The SMILES string of the molecule is Br.Br.CCN1C[C@@H]2C[C@H]1CN2. The molecule has 0 saturated carbocycles. The highest BCUT2D eigenvalue weighted by molar-refractivity contribution is 8.93. The number of likely N-dealkylation sites (tertiary alicyclic amines) is 1. The van der Waals surface area contributed by atoms with Crippen molar-refractivity contribution in [3.05, 3.63) is 0 Å². The molecule has 2 saturated heterocycles. The van der Waals surface area contributed by atoms with Crippen LogP contribution in [0, 0.1) is 0 Å². The highest BCUT2D eigenvalue weighted by atomic mass is 79.9. The van der Waals surface area contributed by atoms with Gasteiger partial charge in [-0.1, -0.05) is 6.92 Å². The molecule has 2 aliphatic heterocycles. The van der Waals surface area contributed by atoms with E-state index in [1.165, 1.54) is 26.1 Å². The minimum absolute atomic E-state index is 0. The maximum atomic E-state index is 3.48. The topological polar surface area (TPSA) is 15.3 Å². The fraction of sp³-hybridized carbons (Fsp3) is 1.00. The van der Waals surface area contributed by atoms with Crippen molar-refractivity contribution in [3.8, 4) is 0 Å². The first-order valence-corrected chi connectivity index (χ1v) is 3.87. The monoisotopic (exact) mass is 286 g/mol. The summed E-state index contributed by atoms with van der Waals surface area (Å²) in [6, 6.07) is 1.70. The summed E-state index contributed by atoms with van der Waals surface area (Å²) in [7, 11) is 0. The van der Waals surface area contributed by atoms with Gasteiger partial charge in [-0.25, -0.2) is 0 Å². The van der Waals surface area contributed by atoms with E-state index in [9.17, 15) is 0 Å². The fourth-order valence-electron chi connectivity index (χ4n) is 2.03. The fourth-order valence-corrected chi connectivity index (χ4v) is 2.03. The summed E-state index contributed by atoms with van der Waals surface area (Å²) in [4.78, 5) is 2.57. The molecular weight excluding hydrogens is 272 g/mol. The number of nitrogens with one attached hydrogen (secondary N) is 1. The van der Waals surface area contributed by atoms with Crippen molar-refractivity contribution in [1.29, 1.82) is 0 Å². The predicted molar refractivity (Wildman–Crippen MR) is 58.1 cm³/mol. The molecule has 2 heterocycles. The Kier molecular flexibility index (Phi) is 5.18. The van der Waals surface area contributed by atoms with Gasteiger partial charge in [-0.2, -0.15) is 0 Å². The molecule has 0 aromatic rings. The van der Waals surface area contributed by atoms with Gasteiger partial charge < -0.3 is 5.32 Å². The van der Waals surface area contributed by atoms with Crippen LogP contribution in [0.5, 0.6) is 0 Å². The molecule has 11 heavy (non-hydrogen) atoms. The minimum atomic E-state index is 0. The number of fused-ring (bicyclic) bond motifs is 2. The van der Waals surface area contributed by atoms with Crippen molar-refractivity contribution in [2.75, 3.05) is 19.6 Å². The Hall–Kier alpha value is 0.880. The molecule has 2 rings (SSSR count). The molecule has 0 aliphatic carbocycles. The van der Waals surface area contributed by atoms with Crippen LogP contribution in [0.3, 0.4) is 0 Å². The Balaban J connectivity index is 0.000000500. The van der Waals surface area contributed by atoms with E-state index in [4.69, 9.17) is 0 Å². The number of likely N-dealkylation sites (N-methyl/N-ethyl adjacent to an activating group) is 1. The lowest BCUT2D eigenvalue weighted by Gasteiger charge is -2.25. The lowest BCUT2D eigenvalue weighted by Crippen LogP contribution is -2.43. The molecule has 2 nitrogen and oxygen atoms in total. The van der Waals surface area contributed by atoms with Crippen molar-refractivity contribution < 1.29 is 0 Å². The molecule has 4 heteroatoms. The van der Waals surface area contributed by atoms with Gasteiger partial charge in [-0.05, 0) is 13.0 Å². The van der Waals surface area contributed by atoms with E-state index in [-0.39, 0.29) is 34.0 Å². The van der Waals surface area contributed by atoms with E-state index in [0.29, 0.717) is 0 Å². The summed E-state index contributed by atoms with van der Waals surface area (Å²) in [6.07, 6.45) is 1.40.